The van der Waals surface area contributed by atoms with Crippen molar-refractivity contribution in [2.45, 2.75) is 20.8 Å². The first-order valence-electron chi connectivity index (χ1n) is 7.14. The third kappa shape index (κ3) is 4.01. The van der Waals surface area contributed by atoms with E-state index in [0.29, 0.717) is 11.5 Å². The second kappa shape index (κ2) is 6.98. The molecule has 4 heteroatoms. The van der Waals surface area contributed by atoms with Crippen LogP contribution < -0.4 is 14.8 Å². The second-order valence-corrected chi connectivity index (χ2v) is 5.29. The van der Waals surface area contributed by atoms with Gasteiger partial charge in [-0.1, -0.05) is 12.1 Å². The molecule has 0 bridgehead atoms. The molecule has 0 fully saturated rings. The zero-order valence-electron chi connectivity index (χ0n) is 13.4. The molecule has 0 atom stereocenters. The van der Waals surface area contributed by atoms with Gasteiger partial charge in [0.05, 0.1) is 7.11 Å². The fraction of sp³-hybridized carbons (Fsp3) is 0.278. The van der Waals surface area contributed by atoms with Crippen LogP contribution in [0.5, 0.6) is 11.5 Å². The molecule has 0 spiro atoms. The second-order valence-electron chi connectivity index (χ2n) is 5.29. The molecule has 1 N–H and O–H groups in total. The largest absolute Gasteiger partial charge is 0.493 e. The van der Waals surface area contributed by atoms with Crippen LogP contribution in [-0.2, 0) is 4.79 Å². The standard InChI is InChI=1S/C18H21NO3/c1-12-5-8-16(17(9-12)21-4)22-11-18(20)19-15-7-6-13(2)14(3)10-15/h5-10H,11H2,1-4H3,(H,19,20). The Labute approximate surface area is 131 Å². The maximum atomic E-state index is 12.0. The first kappa shape index (κ1) is 15.9. The van der Waals surface area contributed by atoms with E-state index >= 15 is 0 Å². The number of methoxy groups -OCH3 is 1. The fourth-order valence-electron chi connectivity index (χ4n) is 2.05. The average Bonchev–Trinajstić information content (AvgIpc) is 2.49. The van der Waals surface area contributed by atoms with Crippen molar-refractivity contribution < 1.29 is 14.3 Å². The van der Waals surface area contributed by atoms with E-state index in [-0.39, 0.29) is 12.5 Å². The molecule has 1 amide bonds. The minimum Gasteiger partial charge on any atom is -0.493 e. The van der Waals surface area contributed by atoms with Crippen LogP contribution in [0.25, 0.3) is 0 Å². The Morgan fingerprint density at radius 3 is 2.45 bits per heavy atom. The highest BCUT2D eigenvalue weighted by Crippen LogP contribution is 2.27. The summed E-state index contributed by atoms with van der Waals surface area (Å²) in [5, 5.41) is 2.82. The molecule has 2 aromatic rings. The molecule has 0 heterocycles. The van der Waals surface area contributed by atoms with Crippen LogP contribution in [-0.4, -0.2) is 19.6 Å². The van der Waals surface area contributed by atoms with E-state index in [4.69, 9.17) is 9.47 Å². The lowest BCUT2D eigenvalue weighted by Crippen LogP contribution is -2.20. The molecule has 4 nitrogen and oxygen atoms in total. The van der Waals surface area contributed by atoms with Crippen molar-refractivity contribution in [1.82, 2.24) is 0 Å². The van der Waals surface area contributed by atoms with Gasteiger partial charge in [-0.15, -0.1) is 0 Å². The predicted octanol–water partition coefficient (Wildman–Crippen LogP) is 3.64. The van der Waals surface area contributed by atoms with Gasteiger partial charge < -0.3 is 14.8 Å². The van der Waals surface area contributed by atoms with Gasteiger partial charge in [0.2, 0.25) is 0 Å². The molecular formula is C18H21NO3. The number of amides is 1. The highest BCUT2D eigenvalue weighted by atomic mass is 16.5. The molecule has 2 aromatic carbocycles. The molecule has 22 heavy (non-hydrogen) atoms. The quantitative estimate of drug-likeness (QED) is 0.917. The summed E-state index contributed by atoms with van der Waals surface area (Å²) >= 11 is 0. The van der Waals surface area contributed by atoms with Crippen LogP contribution in [0.1, 0.15) is 16.7 Å². The number of carbonyl (C=O) groups excluding carboxylic acids is 1. The number of hydrogen-bond donors (Lipinski definition) is 1. The molecule has 0 unspecified atom stereocenters. The van der Waals surface area contributed by atoms with Crippen molar-refractivity contribution in [3.63, 3.8) is 0 Å². The number of anilines is 1. The highest BCUT2D eigenvalue weighted by molar-refractivity contribution is 5.92. The van der Waals surface area contributed by atoms with Crippen molar-refractivity contribution in [2.24, 2.45) is 0 Å². The normalized spacial score (nSPS) is 10.2. The van der Waals surface area contributed by atoms with Crippen molar-refractivity contribution in [3.8, 4) is 11.5 Å². The van der Waals surface area contributed by atoms with Gasteiger partial charge in [0.1, 0.15) is 0 Å². The summed E-state index contributed by atoms with van der Waals surface area (Å²) in [4.78, 5) is 12.0. The third-order valence-electron chi connectivity index (χ3n) is 3.47. The van der Waals surface area contributed by atoms with Gasteiger partial charge in [-0.3, -0.25) is 4.79 Å². The van der Waals surface area contributed by atoms with E-state index in [9.17, 15) is 4.79 Å². The number of aryl methyl sites for hydroxylation is 3. The number of nitrogens with one attached hydrogen (secondary N) is 1. The van der Waals surface area contributed by atoms with Crippen LogP contribution in [0, 0.1) is 20.8 Å². The Morgan fingerprint density at radius 1 is 1.00 bits per heavy atom. The van der Waals surface area contributed by atoms with Gasteiger partial charge >= 0.3 is 0 Å². The molecular weight excluding hydrogens is 278 g/mol. The number of ether oxygens (including phenoxy) is 2. The van der Waals surface area contributed by atoms with Crippen LogP contribution in [0.4, 0.5) is 5.69 Å². The predicted molar refractivity (Wildman–Crippen MR) is 87.8 cm³/mol. The Balaban J connectivity index is 1.96. The maximum absolute atomic E-state index is 12.0. The Bertz CT molecular complexity index is 680. The molecule has 116 valence electrons. The lowest BCUT2D eigenvalue weighted by Gasteiger charge is -2.12. The summed E-state index contributed by atoms with van der Waals surface area (Å²) in [5.41, 5.74) is 4.17. The molecule has 0 aromatic heterocycles. The van der Waals surface area contributed by atoms with Crippen LogP contribution in [0.3, 0.4) is 0 Å². The zero-order chi connectivity index (χ0) is 16.1. The zero-order valence-corrected chi connectivity index (χ0v) is 13.4. The first-order valence-corrected chi connectivity index (χ1v) is 7.14. The Kier molecular flexibility index (Phi) is 5.04. The number of benzene rings is 2. The van der Waals surface area contributed by atoms with Gasteiger partial charge in [0, 0.05) is 5.69 Å². The van der Waals surface area contributed by atoms with Gasteiger partial charge in [0.15, 0.2) is 18.1 Å². The molecule has 2 rings (SSSR count). The lowest BCUT2D eigenvalue weighted by molar-refractivity contribution is -0.118. The van der Waals surface area contributed by atoms with Crippen LogP contribution >= 0.6 is 0 Å². The van der Waals surface area contributed by atoms with Gasteiger partial charge in [-0.2, -0.15) is 0 Å². The van der Waals surface area contributed by atoms with Crippen molar-refractivity contribution in [3.05, 3.63) is 53.1 Å². The number of carbonyl (C=O) groups is 1. The summed E-state index contributed by atoms with van der Waals surface area (Å²) in [6.07, 6.45) is 0. The summed E-state index contributed by atoms with van der Waals surface area (Å²) < 4.78 is 10.8. The third-order valence-corrected chi connectivity index (χ3v) is 3.47. The SMILES string of the molecule is COc1cc(C)ccc1OCC(=O)Nc1ccc(C)c(C)c1. The summed E-state index contributed by atoms with van der Waals surface area (Å²) in [6.45, 7) is 5.96. The molecule has 0 saturated heterocycles. The first-order chi connectivity index (χ1) is 10.5. The van der Waals surface area contributed by atoms with Gasteiger partial charge in [0.25, 0.3) is 5.91 Å². The van der Waals surface area contributed by atoms with E-state index < -0.39 is 0 Å². The topological polar surface area (TPSA) is 47.6 Å². The maximum Gasteiger partial charge on any atom is 0.262 e. The van der Waals surface area contributed by atoms with Gasteiger partial charge in [-0.05, 0) is 61.7 Å². The Morgan fingerprint density at radius 2 is 1.77 bits per heavy atom. The van der Waals surface area contributed by atoms with Crippen LogP contribution in [0.2, 0.25) is 0 Å². The minimum absolute atomic E-state index is 0.0631. The lowest BCUT2D eigenvalue weighted by atomic mass is 10.1. The fourth-order valence-corrected chi connectivity index (χ4v) is 2.05. The van der Waals surface area contributed by atoms with Crippen molar-refractivity contribution in [2.75, 3.05) is 19.0 Å². The van der Waals surface area contributed by atoms with E-state index in [1.165, 1.54) is 5.56 Å². The van der Waals surface area contributed by atoms with Crippen molar-refractivity contribution in [1.29, 1.82) is 0 Å². The average molecular weight is 299 g/mol. The molecule has 0 radical (unpaired) electrons. The number of hydrogen-bond acceptors (Lipinski definition) is 3. The smallest absolute Gasteiger partial charge is 0.262 e. The highest BCUT2D eigenvalue weighted by Gasteiger charge is 2.08. The van der Waals surface area contributed by atoms with Crippen LogP contribution in [0.15, 0.2) is 36.4 Å². The van der Waals surface area contributed by atoms with E-state index in [1.807, 2.05) is 51.1 Å². The van der Waals surface area contributed by atoms with E-state index in [1.54, 1.807) is 13.2 Å². The minimum atomic E-state index is -0.203. The van der Waals surface area contributed by atoms with E-state index in [2.05, 4.69) is 5.32 Å². The Hall–Kier alpha value is -2.49. The molecule has 0 aliphatic carbocycles. The monoisotopic (exact) mass is 299 g/mol. The summed E-state index contributed by atoms with van der Waals surface area (Å²) in [7, 11) is 1.58. The van der Waals surface area contributed by atoms with E-state index in [0.717, 1.165) is 16.8 Å². The van der Waals surface area contributed by atoms with Crippen molar-refractivity contribution >= 4 is 11.6 Å². The van der Waals surface area contributed by atoms with Gasteiger partial charge in [-0.25, -0.2) is 0 Å². The number of rotatable bonds is 5. The molecule has 0 aliphatic rings. The molecule has 0 saturated carbocycles. The summed E-state index contributed by atoms with van der Waals surface area (Å²) in [6, 6.07) is 11.4. The molecule has 0 aliphatic heterocycles. The summed E-state index contributed by atoms with van der Waals surface area (Å²) in [5.74, 6) is 0.980.